The molecule has 0 aliphatic heterocycles. The number of benzene rings is 1. The molecule has 0 atom stereocenters. The lowest BCUT2D eigenvalue weighted by atomic mass is 10.2. The summed E-state index contributed by atoms with van der Waals surface area (Å²) in [7, 11) is 0. The smallest absolute Gasteiger partial charge is 0.223 e. The summed E-state index contributed by atoms with van der Waals surface area (Å²) in [5.74, 6) is 0.821. The highest BCUT2D eigenvalue weighted by Gasteiger charge is 2.02. The van der Waals surface area contributed by atoms with Crippen molar-refractivity contribution in [3.05, 3.63) is 42.0 Å². The van der Waals surface area contributed by atoms with E-state index in [2.05, 4.69) is 11.9 Å². The molecule has 0 radical (unpaired) electrons. The molecule has 1 aromatic rings. The van der Waals surface area contributed by atoms with Crippen molar-refractivity contribution in [1.29, 1.82) is 0 Å². The van der Waals surface area contributed by atoms with Gasteiger partial charge in [-0.2, -0.15) is 0 Å². The topological polar surface area (TPSA) is 38.3 Å². The molecule has 3 nitrogen and oxygen atoms in total. The predicted molar refractivity (Wildman–Crippen MR) is 69.1 cm³/mol. The van der Waals surface area contributed by atoms with Crippen LogP contribution in [0.25, 0.3) is 0 Å². The number of para-hydroxylation sites is 1. The minimum absolute atomic E-state index is 0.0124. The average Bonchev–Trinajstić information content (AvgIpc) is 2.29. The second-order valence-electron chi connectivity index (χ2n) is 4.10. The molecular formula is C14H19NO2. The molecule has 0 saturated carbocycles. The Bertz CT molecular complexity index is 399. The van der Waals surface area contributed by atoms with Crippen molar-refractivity contribution in [2.24, 2.45) is 0 Å². The molecule has 17 heavy (non-hydrogen) atoms. The van der Waals surface area contributed by atoms with Gasteiger partial charge >= 0.3 is 0 Å². The molecule has 0 aliphatic rings. The monoisotopic (exact) mass is 233 g/mol. The van der Waals surface area contributed by atoms with E-state index < -0.39 is 0 Å². The number of amides is 1. The standard InChI is InChI=1S/C14H19NO2/c1-11(2)10-15-14(16)8-9-17-13-7-5-4-6-12(13)3/h4-7H,1,8-10H2,2-3H3,(H,15,16). The van der Waals surface area contributed by atoms with Crippen molar-refractivity contribution in [3.63, 3.8) is 0 Å². The van der Waals surface area contributed by atoms with Gasteiger partial charge in [0.1, 0.15) is 5.75 Å². The fourth-order valence-corrected chi connectivity index (χ4v) is 1.31. The van der Waals surface area contributed by atoms with Gasteiger partial charge in [-0.15, -0.1) is 0 Å². The SMILES string of the molecule is C=C(C)CNC(=O)CCOc1ccccc1C. The van der Waals surface area contributed by atoms with Gasteiger partial charge in [0.15, 0.2) is 0 Å². The molecule has 3 heteroatoms. The van der Waals surface area contributed by atoms with E-state index in [0.29, 0.717) is 19.6 Å². The number of carbonyl (C=O) groups excluding carboxylic acids is 1. The summed E-state index contributed by atoms with van der Waals surface area (Å²) >= 11 is 0. The minimum atomic E-state index is -0.0124. The lowest BCUT2D eigenvalue weighted by Gasteiger charge is -2.09. The maximum Gasteiger partial charge on any atom is 0.223 e. The summed E-state index contributed by atoms with van der Waals surface area (Å²) in [6.07, 6.45) is 0.363. The Hall–Kier alpha value is -1.77. The summed E-state index contributed by atoms with van der Waals surface area (Å²) in [5, 5.41) is 2.76. The molecule has 0 aromatic heterocycles. The summed E-state index contributed by atoms with van der Waals surface area (Å²) in [5.41, 5.74) is 2.02. The highest BCUT2D eigenvalue weighted by molar-refractivity contribution is 5.76. The predicted octanol–water partition coefficient (Wildman–Crippen LogP) is 2.46. The van der Waals surface area contributed by atoms with Crippen LogP contribution in [0, 0.1) is 6.92 Å². The minimum Gasteiger partial charge on any atom is -0.493 e. The van der Waals surface area contributed by atoms with Crippen molar-refractivity contribution in [2.45, 2.75) is 20.3 Å². The fourth-order valence-electron chi connectivity index (χ4n) is 1.31. The number of carbonyl (C=O) groups is 1. The summed E-state index contributed by atoms with van der Waals surface area (Å²) < 4.78 is 5.53. The van der Waals surface area contributed by atoms with Gasteiger partial charge in [-0.3, -0.25) is 4.79 Å². The van der Waals surface area contributed by atoms with Crippen LogP contribution in [0.5, 0.6) is 5.75 Å². The molecule has 1 amide bonds. The van der Waals surface area contributed by atoms with Gasteiger partial charge in [-0.25, -0.2) is 0 Å². The van der Waals surface area contributed by atoms with Crippen LogP contribution >= 0.6 is 0 Å². The van der Waals surface area contributed by atoms with Gasteiger partial charge in [0.2, 0.25) is 5.91 Å². The van der Waals surface area contributed by atoms with Crippen LogP contribution in [0.3, 0.4) is 0 Å². The highest BCUT2D eigenvalue weighted by atomic mass is 16.5. The second-order valence-corrected chi connectivity index (χ2v) is 4.10. The highest BCUT2D eigenvalue weighted by Crippen LogP contribution is 2.15. The van der Waals surface area contributed by atoms with Gasteiger partial charge in [-0.05, 0) is 25.5 Å². The van der Waals surface area contributed by atoms with Crippen LogP contribution in [0.2, 0.25) is 0 Å². The number of ether oxygens (including phenoxy) is 1. The number of nitrogens with one attached hydrogen (secondary N) is 1. The summed E-state index contributed by atoms with van der Waals surface area (Å²) in [6.45, 7) is 8.51. The van der Waals surface area contributed by atoms with Crippen LogP contribution in [0.4, 0.5) is 0 Å². The van der Waals surface area contributed by atoms with Crippen LogP contribution in [-0.2, 0) is 4.79 Å². The Morgan fingerprint density at radius 1 is 1.41 bits per heavy atom. The first-order valence-corrected chi connectivity index (χ1v) is 5.69. The molecule has 0 fully saturated rings. The van der Waals surface area contributed by atoms with Crippen molar-refractivity contribution in [1.82, 2.24) is 5.32 Å². The van der Waals surface area contributed by atoms with E-state index in [0.717, 1.165) is 16.9 Å². The first kappa shape index (κ1) is 13.3. The number of hydrogen-bond donors (Lipinski definition) is 1. The molecule has 1 N–H and O–H groups in total. The first-order chi connectivity index (χ1) is 8.09. The average molecular weight is 233 g/mol. The second kappa shape index (κ2) is 6.74. The maximum atomic E-state index is 11.4. The van der Waals surface area contributed by atoms with Gasteiger partial charge in [0, 0.05) is 6.54 Å². The van der Waals surface area contributed by atoms with Gasteiger partial charge in [-0.1, -0.05) is 30.4 Å². The van der Waals surface area contributed by atoms with Crippen molar-refractivity contribution >= 4 is 5.91 Å². The van der Waals surface area contributed by atoms with Crippen LogP contribution in [0.1, 0.15) is 18.9 Å². The van der Waals surface area contributed by atoms with E-state index in [4.69, 9.17) is 4.74 Å². The zero-order valence-electron chi connectivity index (χ0n) is 10.5. The molecule has 0 unspecified atom stereocenters. The Morgan fingerprint density at radius 3 is 2.76 bits per heavy atom. The van der Waals surface area contributed by atoms with Gasteiger partial charge in [0.05, 0.1) is 13.0 Å². The summed E-state index contributed by atoms with van der Waals surface area (Å²) in [6, 6.07) is 7.77. The van der Waals surface area contributed by atoms with Crippen LogP contribution in [0.15, 0.2) is 36.4 Å². The van der Waals surface area contributed by atoms with Crippen molar-refractivity contribution < 1.29 is 9.53 Å². The molecule has 0 heterocycles. The molecule has 1 rings (SSSR count). The zero-order valence-corrected chi connectivity index (χ0v) is 10.5. The maximum absolute atomic E-state index is 11.4. The molecule has 1 aromatic carbocycles. The molecular weight excluding hydrogens is 214 g/mol. The molecule has 92 valence electrons. The Labute approximate surface area is 102 Å². The fraction of sp³-hybridized carbons (Fsp3) is 0.357. The first-order valence-electron chi connectivity index (χ1n) is 5.69. The van der Waals surface area contributed by atoms with Crippen LogP contribution < -0.4 is 10.1 Å². The Morgan fingerprint density at radius 2 is 2.12 bits per heavy atom. The third-order valence-corrected chi connectivity index (χ3v) is 2.27. The van der Waals surface area contributed by atoms with E-state index in [1.165, 1.54) is 0 Å². The van der Waals surface area contributed by atoms with Gasteiger partial charge in [0.25, 0.3) is 0 Å². The molecule has 0 saturated heterocycles. The molecule has 0 spiro atoms. The largest absolute Gasteiger partial charge is 0.493 e. The van der Waals surface area contributed by atoms with E-state index in [9.17, 15) is 4.79 Å². The van der Waals surface area contributed by atoms with E-state index in [1.807, 2.05) is 38.1 Å². The van der Waals surface area contributed by atoms with Crippen molar-refractivity contribution in [3.8, 4) is 5.75 Å². The van der Waals surface area contributed by atoms with Crippen LogP contribution in [-0.4, -0.2) is 19.1 Å². The third-order valence-electron chi connectivity index (χ3n) is 2.27. The Balaban J connectivity index is 2.26. The number of rotatable bonds is 6. The number of aryl methyl sites for hydroxylation is 1. The quantitative estimate of drug-likeness (QED) is 0.766. The third kappa shape index (κ3) is 5.20. The lowest BCUT2D eigenvalue weighted by Crippen LogP contribution is -2.26. The Kier molecular flexibility index (Phi) is 5.27. The van der Waals surface area contributed by atoms with Gasteiger partial charge < -0.3 is 10.1 Å². The molecule has 0 bridgehead atoms. The summed E-state index contributed by atoms with van der Waals surface area (Å²) in [4.78, 5) is 11.4. The molecule has 0 aliphatic carbocycles. The van der Waals surface area contributed by atoms with Crippen molar-refractivity contribution in [2.75, 3.05) is 13.2 Å². The van der Waals surface area contributed by atoms with E-state index in [1.54, 1.807) is 0 Å². The normalized spacial score (nSPS) is 9.76. The van der Waals surface area contributed by atoms with E-state index in [-0.39, 0.29) is 5.91 Å². The number of hydrogen-bond acceptors (Lipinski definition) is 2. The van der Waals surface area contributed by atoms with E-state index >= 15 is 0 Å². The lowest BCUT2D eigenvalue weighted by molar-refractivity contribution is -0.121. The zero-order chi connectivity index (χ0) is 12.7.